The maximum absolute atomic E-state index is 5.65. The summed E-state index contributed by atoms with van der Waals surface area (Å²) in [5.74, 6) is 2.06. The smallest absolute Gasteiger partial charge is 0.123 e. The summed E-state index contributed by atoms with van der Waals surface area (Å²) in [6, 6.07) is 12.8. The summed E-state index contributed by atoms with van der Waals surface area (Å²) in [7, 11) is 1.74. The maximum Gasteiger partial charge on any atom is 0.123 e. The first kappa shape index (κ1) is 16.8. The topological polar surface area (TPSA) is 43.2 Å². The van der Waals surface area contributed by atoms with Gasteiger partial charge in [0.1, 0.15) is 11.6 Å². The Balaban J connectivity index is 1.72. The quantitative estimate of drug-likeness (QED) is 0.722. The van der Waals surface area contributed by atoms with Crippen LogP contribution in [-0.2, 0) is 19.6 Å². The fraction of sp³-hybridized carbons (Fsp3) is 0.333. The number of aryl methyl sites for hydroxylation is 2. The Morgan fingerprint density at radius 1 is 1.08 bits per heavy atom. The van der Waals surface area contributed by atoms with Gasteiger partial charge in [0, 0.05) is 42.4 Å². The number of imidazole rings is 1. The lowest BCUT2D eigenvalue weighted by atomic mass is 10.0. The number of methoxy groups -OCH3 is 1. The zero-order valence-electron chi connectivity index (χ0n) is 15.5. The van der Waals surface area contributed by atoms with Crippen molar-refractivity contribution in [2.24, 2.45) is 0 Å². The number of rotatable bonds is 4. The molecule has 26 heavy (non-hydrogen) atoms. The zero-order valence-corrected chi connectivity index (χ0v) is 15.5. The predicted octanol–water partition coefficient (Wildman–Crippen LogP) is 3.66. The van der Waals surface area contributed by atoms with Crippen LogP contribution in [0.15, 0.2) is 48.8 Å². The Labute approximate surface area is 154 Å². The van der Waals surface area contributed by atoms with Crippen molar-refractivity contribution >= 4 is 0 Å². The first-order valence-electron chi connectivity index (χ1n) is 8.95. The van der Waals surface area contributed by atoms with E-state index in [2.05, 4.69) is 50.6 Å². The molecule has 0 spiro atoms. The van der Waals surface area contributed by atoms with Crippen molar-refractivity contribution in [2.45, 2.75) is 39.5 Å². The van der Waals surface area contributed by atoms with E-state index in [1.165, 1.54) is 16.8 Å². The van der Waals surface area contributed by atoms with Crippen LogP contribution in [0.3, 0.4) is 0 Å². The molecule has 1 aromatic carbocycles. The van der Waals surface area contributed by atoms with Gasteiger partial charge in [-0.15, -0.1) is 0 Å². The van der Waals surface area contributed by atoms with Crippen LogP contribution in [-0.4, -0.2) is 26.5 Å². The molecule has 0 bridgehead atoms. The fourth-order valence-corrected chi connectivity index (χ4v) is 3.70. The van der Waals surface area contributed by atoms with Gasteiger partial charge >= 0.3 is 0 Å². The van der Waals surface area contributed by atoms with E-state index in [-0.39, 0.29) is 6.04 Å². The molecular formula is C21H24N4O. The number of aromatic nitrogens is 3. The molecule has 3 aromatic rings. The Morgan fingerprint density at radius 3 is 2.69 bits per heavy atom. The van der Waals surface area contributed by atoms with Crippen molar-refractivity contribution in [3.63, 3.8) is 0 Å². The van der Waals surface area contributed by atoms with Gasteiger partial charge in [0.2, 0.25) is 0 Å². The molecule has 0 fully saturated rings. The van der Waals surface area contributed by atoms with Gasteiger partial charge in [0.25, 0.3) is 0 Å². The third-order valence-electron chi connectivity index (χ3n) is 5.13. The number of para-hydroxylation sites is 1. The normalized spacial score (nSPS) is 17.1. The third kappa shape index (κ3) is 3.10. The summed E-state index contributed by atoms with van der Waals surface area (Å²) in [6.07, 6.45) is 3.94. The molecule has 1 aliphatic heterocycles. The molecule has 0 radical (unpaired) electrons. The first-order chi connectivity index (χ1) is 12.7. The molecule has 4 rings (SSSR count). The van der Waals surface area contributed by atoms with E-state index in [1.807, 2.05) is 31.5 Å². The van der Waals surface area contributed by atoms with Crippen LogP contribution in [0.1, 0.15) is 34.4 Å². The van der Waals surface area contributed by atoms with Crippen molar-refractivity contribution < 1.29 is 4.74 Å². The summed E-state index contributed by atoms with van der Waals surface area (Å²) in [4.78, 5) is 11.5. The molecule has 1 unspecified atom stereocenters. The molecule has 0 N–H and O–H groups in total. The number of nitrogens with zero attached hydrogens (tertiary/aromatic N) is 4. The molecule has 3 heterocycles. The zero-order chi connectivity index (χ0) is 18.1. The van der Waals surface area contributed by atoms with Gasteiger partial charge in [-0.3, -0.25) is 9.88 Å². The summed E-state index contributed by atoms with van der Waals surface area (Å²) < 4.78 is 7.97. The summed E-state index contributed by atoms with van der Waals surface area (Å²) in [5, 5.41) is 0. The maximum atomic E-state index is 5.65. The SMILES string of the molecule is COc1ccccc1C1Cn2c(C)cnc2CN1Cc1ccc(C)nc1. The molecule has 5 heteroatoms. The van der Waals surface area contributed by atoms with Crippen molar-refractivity contribution in [3.05, 3.63) is 77.1 Å². The van der Waals surface area contributed by atoms with Crippen LogP contribution < -0.4 is 4.74 Å². The Bertz CT molecular complexity index is 901. The molecule has 1 aliphatic rings. The Morgan fingerprint density at radius 2 is 1.92 bits per heavy atom. The molecule has 1 atom stereocenters. The minimum absolute atomic E-state index is 0.229. The molecule has 0 saturated carbocycles. The highest BCUT2D eigenvalue weighted by Gasteiger charge is 2.30. The second kappa shape index (κ2) is 6.92. The average molecular weight is 348 g/mol. The van der Waals surface area contributed by atoms with Crippen LogP contribution in [0.2, 0.25) is 0 Å². The lowest BCUT2D eigenvalue weighted by Gasteiger charge is -2.37. The Kier molecular flexibility index (Phi) is 4.47. The third-order valence-corrected chi connectivity index (χ3v) is 5.13. The van der Waals surface area contributed by atoms with Gasteiger partial charge in [-0.2, -0.15) is 0 Å². The Hall–Kier alpha value is -2.66. The average Bonchev–Trinajstić information content (AvgIpc) is 3.03. The van der Waals surface area contributed by atoms with E-state index in [1.54, 1.807) is 7.11 Å². The van der Waals surface area contributed by atoms with Crippen molar-refractivity contribution in [2.75, 3.05) is 7.11 Å². The van der Waals surface area contributed by atoms with Gasteiger partial charge in [-0.25, -0.2) is 4.98 Å². The van der Waals surface area contributed by atoms with E-state index >= 15 is 0 Å². The lowest BCUT2D eigenvalue weighted by Crippen LogP contribution is -2.37. The summed E-state index contributed by atoms with van der Waals surface area (Å²) in [6.45, 7) is 6.66. The van der Waals surface area contributed by atoms with E-state index < -0.39 is 0 Å². The number of hydrogen-bond donors (Lipinski definition) is 0. The summed E-state index contributed by atoms with van der Waals surface area (Å²) in [5.41, 5.74) is 4.68. The second-order valence-electron chi connectivity index (χ2n) is 6.90. The van der Waals surface area contributed by atoms with E-state index in [4.69, 9.17) is 4.74 Å². The van der Waals surface area contributed by atoms with E-state index in [0.717, 1.165) is 36.9 Å². The van der Waals surface area contributed by atoms with Gasteiger partial charge in [-0.1, -0.05) is 24.3 Å². The highest BCUT2D eigenvalue weighted by molar-refractivity contribution is 5.36. The van der Waals surface area contributed by atoms with Gasteiger partial charge in [-0.05, 0) is 31.5 Å². The number of hydrogen-bond acceptors (Lipinski definition) is 4. The van der Waals surface area contributed by atoms with Crippen LogP contribution >= 0.6 is 0 Å². The highest BCUT2D eigenvalue weighted by Crippen LogP contribution is 2.35. The van der Waals surface area contributed by atoms with Gasteiger partial charge < -0.3 is 9.30 Å². The van der Waals surface area contributed by atoms with E-state index in [0.29, 0.717) is 0 Å². The molecule has 0 saturated heterocycles. The minimum atomic E-state index is 0.229. The largest absolute Gasteiger partial charge is 0.496 e. The van der Waals surface area contributed by atoms with Crippen molar-refractivity contribution in [3.8, 4) is 5.75 Å². The summed E-state index contributed by atoms with van der Waals surface area (Å²) >= 11 is 0. The second-order valence-corrected chi connectivity index (χ2v) is 6.90. The predicted molar refractivity (Wildman–Crippen MR) is 101 cm³/mol. The first-order valence-corrected chi connectivity index (χ1v) is 8.95. The molecular weight excluding hydrogens is 324 g/mol. The number of pyridine rings is 1. The number of ether oxygens (including phenoxy) is 1. The standard InChI is InChI=1S/C21H24N4O/c1-15-8-9-17(11-22-15)12-24-14-21-23-10-16(2)25(21)13-19(24)18-6-4-5-7-20(18)26-3/h4-11,19H,12-14H2,1-3H3. The van der Waals surface area contributed by atoms with Crippen LogP contribution in [0, 0.1) is 13.8 Å². The molecule has 0 amide bonds. The van der Waals surface area contributed by atoms with Crippen molar-refractivity contribution in [1.29, 1.82) is 0 Å². The minimum Gasteiger partial charge on any atom is -0.496 e. The number of benzene rings is 1. The van der Waals surface area contributed by atoms with Gasteiger partial charge in [0.05, 0.1) is 19.7 Å². The van der Waals surface area contributed by atoms with Crippen LogP contribution in [0.25, 0.3) is 0 Å². The van der Waals surface area contributed by atoms with Crippen molar-refractivity contribution in [1.82, 2.24) is 19.4 Å². The molecule has 2 aromatic heterocycles. The highest BCUT2D eigenvalue weighted by atomic mass is 16.5. The van der Waals surface area contributed by atoms with Gasteiger partial charge in [0.15, 0.2) is 0 Å². The molecule has 0 aliphatic carbocycles. The number of fused-ring (bicyclic) bond motifs is 1. The van der Waals surface area contributed by atoms with E-state index in [9.17, 15) is 0 Å². The molecule has 134 valence electrons. The molecule has 5 nitrogen and oxygen atoms in total. The van der Waals surface area contributed by atoms with Crippen LogP contribution in [0.5, 0.6) is 5.75 Å². The fourth-order valence-electron chi connectivity index (χ4n) is 3.70. The van der Waals surface area contributed by atoms with Crippen LogP contribution in [0.4, 0.5) is 0 Å². The lowest BCUT2D eigenvalue weighted by molar-refractivity contribution is 0.125. The monoisotopic (exact) mass is 348 g/mol.